The Bertz CT molecular complexity index is 536. The number of aromatic nitrogens is 1. The third-order valence-electron chi connectivity index (χ3n) is 2.96. The molecule has 0 radical (unpaired) electrons. The van der Waals surface area contributed by atoms with Gasteiger partial charge in [-0.15, -0.1) is 11.3 Å². The number of rotatable bonds is 7. The third kappa shape index (κ3) is 3.91. The van der Waals surface area contributed by atoms with E-state index in [-0.39, 0.29) is 25.0 Å². The van der Waals surface area contributed by atoms with Gasteiger partial charge in [0.25, 0.3) is 0 Å². The van der Waals surface area contributed by atoms with E-state index < -0.39 is 0 Å². The lowest BCUT2D eigenvalue weighted by molar-refractivity contribution is -0.121. The number of furan rings is 1. The molecular weight excluding hydrogens is 276 g/mol. The lowest BCUT2D eigenvalue weighted by atomic mass is 10.1. The van der Waals surface area contributed by atoms with Gasteiger partial charge in [-0.3, -0.25) is 4.79 Å². The van der Waals surface area contributed by atoms with Crippen LogP contribution in [-0.2, 0) is 11.2 Å². The van der Waals surface area contributed by atoms with Gasteiger partial charge in [0.05, 0.1) is 18.4 Å². The zero-order valence-electron chi connectivity index (χ0n) is 11.3. The van der Waals surface area contributed by atoms with E-state index in [0.717, 1.165) is 17.1 Å². The van der Waals surface area contributed by atoms with Gasteiger partial charge in [-0.05, 0) is 25.0 Å². The summed E-state index contributed by atoms with van der Waals surface area (Å²) >= 11 is 1.46. The summed E-state index contributed by atoms with van der Waals surface area (Å²) in [4.78, 5) is 16.3. The van der Waals surface area contributed by atoms with Crippen LogP contribution in [0.1, 0.15) is 25.5 Å². The SMILES string of the molecule is CCC(CCO)NC(=O)Cc1csc(-c2ccco2)n1. The van der Waals surface area contributed by atoms with E-state index in [2.05, 4.69) is 10.3 Å². The second-order valence-corrected chi connectivity index (χ2v) is 5.34. The Morgan fingerprint density at radius 1 is 1.60 bits per heavy atom. The van der Waals surface area contributed by atoms with Gasteiger partial charge >= 0.3 is 0 Å². The van der Waals surface area contributed by atoms with Crippen LogP contribution in [0.2, 0.25) is 0 Å². The quantitative estimate of drug-likeness (QED) is 0.821. The van der Waals surface area contributed by atoms with Gasteiger partial charge in [0.1, 0.15) is 0 Å². The highest BCUT2D eigenvalue weighted by atomic mass is 32.1. The Morgan fingerprint density at radius 3 is 3.10 bits per heavy atom. The predicted octanol–water partition coefficient (Wildman–Crippen LogP) is 2.22. The first-order chi connectivity index (χ1) is 9.72. The Balaban J connectivity index is 1.91. The Labute approximate surface area is 121 Å². The molecule has 0 saturated carbocycles. The van der Waals surface area contributed by atoms with Crippen molar-refractivity contribution in [2.24, 2.45) is 0 Å². The summed E-state index contributed by atoms with van der Waals surface area (Å²) in [6, 6.07) is 3.68. The van der Waals surface area contributed by atoms with Crippen LogP contribution in [0.4, 0.5) is 0 Å². The average Bonchev–Trinajstić information content (AvgIpc) is 3.08. The number of nitrogens with one attached hydrogen (secondary N) is 1. The van der Waals surface area contributed by atoms with Crippen molar-refractivity contribution < 1.29 is 14.3 Å². The fourth-order valence-corrected chi connectivity index (χ4v) is 2.66. The fraction of sp³-hybridized carbons (Fsp3) is 0.429. The molecule has 108 valence electrons. The maximum atomic E-state index is 11.9. The Morgan fingerprint density at radius 2 is 2.45 bits per heavy atom. The van der Waals surface area contributed by atoms with E-state index in [1.165, 1.54) is 11.3 Å². The summed E-state index contributed by atoms with van der Waals surface area (Å²) in [5.41, 5.74) is 0.734. The average molecular weight is 294 g/mol. The maximum absolute atomic E-state index is 11.9. The highest BCUT2D eigenvalue weighted by Crippen LogP contribution is 2.24. The van der Waals surface area contributed by atoms with Crippen LogP contribution in [0.5, 0.6) is 0 Å². The zero-order valence-corrected chi connectivity index (χ0v) is 12.2. The Kier molecular flexibility index (Phi) is 5.31. The first-order valence-corrected chi connectivity index (χ1v) is 7.49. The molecule has 1 unspecified atom stereocenters. The van der Waals surface area contributed by atoms with Crippen molar-refractivity contribution >= 4 is 17.2 Å². The van der Waals surface area contributed by atoms with Crippen molar-refractivity contribution in [3.8, 4) is 10.8 Å². The van der Waals surface area contributed by atoms with Crippen molar-refractivity contribution in [1.82, 2.24) is 10.3 Å². The number of thiazole rings is 1. The van der Waals surface area contributed by atoms with Crippen molar-refractivity contribution in [3.05, 3.63) is 29.5 Å². The topological polar surface area (TPSA) is 75.4 Å². The van der Waals surface area contributed by atoms with Gasteiger partial charge < -0.3 is 14.8 Å². The number of aliphatic hydroxyl groups is 1. The molecule has 0 bridgehead atoms. The molecule has 0 aromatic carbocycles. The van der Waals surface area contributed by atoms with E-state index >= 15 is 0 Å². The fourth-order valence-electron chi connectivity index (χ4n) is 1.88. The number of carbonyl (C=O) groups is 1. The largest absolute Gasteiger partial charge is 0.462 e. The Hall–Kier alpha value is -1.66. The molecule has 0 fully saturated rings. The molecule has 2 heterocycles. The summed E-state index contributed by atoms with van der Waals surface area (Å²) in [5, 5.41) is 14.5. The molecule has 0 aliphatic heterocycles. The van der Waals surface area contributed by atoms with Crippen LogP contribution in [0, 0.1) is 0 Å². The van der Waals surface area contributed by atoms with E-state index in [1.807, 2.05) is 24.4 Å². The lowest BCUT2D eigenvalue weighted by Gasteiger charge is -2.15. The van der Waals surface area contributed by atoms with Gasteiger partial charge in [-0.1, -0.05) is 6.92 Å². The number of hydrogen-bond acceptors (Lipinski definition) is 5. The molecule has 0 aliphatic carbocycles. The van der Waals surface area contributed by atoms with Gasteiger partial charge in [0, 0.05) is 18.0 Å². The van der Waals surface area contributed by atoms with Gasteiger partial charge in [-0.2, -0.15) is 0 Å². The molecule has 20 heavy (non-hydrogen) atoms. The summed E-state index contributed by atoms with van der Waals surface area (Å²) in [6.45, 7) is 2.07. The van der Waals surface area contributed by atoms with Gasteiger partial charge in [0.15, 0.2) is 10.8 Å². The molecular formula is C14H18N2O3S. The molecule has 0 aliphatic rings. The zero-order chi connectivity index (χ0) is 14.4. The van der Waals surface area contributed by atoms with E-state index in [9.17, 15) is 4.79 Å². The monoisotopic (exact) mass is 294 g/mol. The summed E-state index contributed by atoms with van der Waals surface area (Å²) in [5.74, 6) is 0.648. The number of carbonyl (C=O) groups excluding carboxylic acids is 1. The van der Waals surface area contributed by atoms with E-state index in [0.29, 0.717) is 12.2 Å². The minimum absolute atomic E-state index is 0.0238. The summed E-state index contributed by atoms with van der Waals surface area (Å²) in [7, 11) is 0. The second-order valence-electron chi connectivity index (χ2n) is 4.48. The highest BCUT2D eigenvalue weighted by Gasteiger charge is 2.13. The number of aliphatic hydroxyl groups excluding tert-OH is 1. The van der Waals surface area contributed by atoms with Crippen LogP contribution in [0.25, 0.3) is 10.8 Å². The van der Waals surface area contributed by atoms with Crippen LogP contribution in [-0.4, -0.2) is 28.6 Å². The van der Waals surface area contributed by atoms with Crippen molar-refractivity contribution in [3.63, 3.8) is 0 Å². The molecule has 1 amide bonds. The number of hydrogen-bond donors (Lipinski definition) is 2. The first kappa shape index (κ1) is 14.7. The molecule has 1 atom stereocenters. The van der Waals surface area contributed by atoms with Crippen molar-refractivity contribution in [2.75, 3.05) is 6.61 Å². The van der Waals surface area contributed by atoms with Gasteiger partial charge in [-0.25, -0.2) is 4.98 Å². The molecule has 2 aromatic rings. The summed E-state index contributed by atoms with van der Waals surface area (Å²) in [6.07, 6.45) is 3.24. The first-order valence-electron chi connectivity index (χ1n) is 6.61. The van der Waals surface area contributed by atoms with Gasteiger partial charge in [0.2, 0.25) is 5.91 Å². The minimum Gasteiger partial charge on any atom is -0.462 e. The third-order valence-corrected chi connectivity index (χ3v) is 3.87. The normalized spacial score (nSPS) is 12.3. The second kappa shape index (κ2) is 7.21. The van der Waals surface area contributed by atoms with E-state index in [1.54, 1.807) is 6.26 Å². The van der Waals surface area contributed by atoms with E-state index in [4.69, 9.17) is 9.52 Å². The van der Waals surface area contributed by atoms with Crippen LogP contribution >= 0.6 is 11.3 Å². The molecule has 2 rings (SSSR count). The standard InChI is InChI=1S/C14H18N2O3S/c1-2-10(5-6-17)15-13(18)8-11-9-20-14(16-11)12-4-3-7-19-12/h3-4,7,9-10,17H,2,5-6,8H2,1H3,(H,15,18). The number of nitrogens with zero attached hydrogens (tertiary/aromatic N) is 1. The maximum Gasteiger partial charge on any atom is 0.226 e. The number of amides is 1. The highest BCUT2D eigenvalue weighted by molar-refractivity contribution is 7.13. The predicted molar refractivity (Wildman–Crippen MR) is 77.4 cm³/mol. The molecule has 6 heteroatoms. The van der Waals surface area contributed by atoms with Crippen molar-refractivity contribution in [2.45, 2.75) is 32.2 Å². The van der Waals surface area contributed by atoms with Crippen molar-refractivity contribution in [1.29, 1.82) is 0 Å². The smallest absolute Gasteiger partial charge is 0.226 e. The van der Waals surface area contributed by atoms with Crippen LogP contribution in [0.15, 0.2) is 28.2 Å². The molecule has 2 N–H and O–H groups in total. The molecule has 0 saturated heterocycles. The van der Waals surface area contributed by atoms with Crippen LogP contribution in [0.3, 0.4) is 0 Å². The van der Waals surface area contributed by atoms with Crippen LogP contribution < -0.4 is 5.32 Å². The molecule has 0 spiro atoms. The minimum atomic E-state index is -0.0680. The molecule has 2 aromatic heterocycles. The molecule has 5 nitrogen and oxygen atoms in total. The summed E-state index contributed by atoms with van der Waals surface area (Å²) < 4.78 is 5.27. The lowest BCUT2D eigenvalue weighted by Crippen LogP contribution is -2.36.